The van der Waals surface area contributed by atoms with Crippen LogP contribution in [0.2, 0.25) is 0 Å². The molecule has 0 N–H and O–H groups in total. The van der Waals surface area contributed by atoms with Crippen LogP contribution in [0.4, 0.5) is 22.7 Å². The van der Waals surface area contributed by atoms with E-state index in [1.165, 1.54) is 0 Å². The molecular formula is C56H47N4OPt-3. The summed E-state index contributed by atoms with van der Waals surface area (Å²) in [5.74, 6) is 1.24. The van der Waals surface area contributed by atoms with Crippen LogP contribution in [0.1, 0.15) is 62.3 Å². The van der Waals surface area contributed by atoms with E-state index < -0.39 is 0 Å². The second kappa shape index (κ2) is 16.1. The van der Waals surface area contributed by atoms with Crippen LogP contribution in [-0.2, 0) is 31.9 Å². The first kappa shape index (κ1) is 33.2. The number of benzene rings is 7. The summed E-state index contributed by atoms with van der Waals surface area (Å²) < 4.78 is 71.5. The van der Waals surface area contributed by atoms with E-state index >= 15 is 0 Å². The molecule has 0 bridgehead atoms. The molecule has 5 nitrogen and oxygen atoms in total. The summed E-state index contributed by atoms with van der Waals surface area (Å²) in [5, 5.41) is 0.945. The molecule has 0 aliphatic carbocycles. The van der Waals surface area contributed by atoms with Gasteiger partial charge in [-0.2, -0.15) is 6.07 Å². The number of nitrogens with zero attached hydrogens (tertiary/aromatic N) is 4. The van der Waals surface area contributed by atoms with E-state index in [9.17, 15) is 2.74 Å². The van der Waals surface area contributed by atoms with Gasteiger partial charge in [-0.1, -0.05) is 156 Å². The smallest absolute Gasteiger partial charge is 0.135 e. The molecule has 10 rings (SSSR count). The van der Waals surface area contributed by atoms with Crippen molar-refractivity contribution in [2.45, 2.75) is 52.4 Å². The minimum atomic E-state index is -0.340. The average molecular weight is 994 g/mol. The first-order chi connectivity index (χ1) is 32.4. The Labute approximate surface area is 389 Å². The molecule has 1 aliphatic rings. The van der Waals surface area contributed by atoms with Crippen molar-refractivity contribution in [2.24, 2.45) is 0 Å². The Morgan fingerprint density at radius 2 is 1.23 bits per heavy atom. The van der Waals surface area contributed by atoms with Crippen molar-refractivity contribution < 1.29 is 35.4 Å². The van der Waals surface area contributed by atoms with Gasteiger partial charge in [-0.15, -0.1) is 53.6 Å². The maximum atomic E-state index is 9.36. The zero-order chi connectivity index (χ0) is 48.0. The van der Waals surface area contributed by atoms with Crippen molar-refractivity contribution in [3.8, 4) is 39.6 Å². The van der Waals surface area contributed by atoms with E-state index in [1.807, 2.05) is 126 Å². The fourth-order valence-corrected chi connectivity index (χ4v) is 7.93. The van der Waals surface area contributed by atoms with Crippen LogP contribution in [0.25, 0.3) is 49.9 Å². The van der Waals surface area contributed by atoms with Crippen LogP contribution in [0.15, 0.2) is 170 Å². The summed E-state index contributed by atoms with van der Waals surface area (Å²) >= 11 is 0. The minimum Gasteiger partial charge on any atom is -0.509 e. The van der Waals surface area contributed by atoms with Crippen molar-refractivity contribution in [1.29, 1.82) is 0 Å². The van der Waals surface area contributed by atoms with Gasteiger partial charge < -0.3 is 19.1 Å². The van der Waals surface area contributed by atoms with Gasteiger partial charge in [0.25, 0.3) is 0 Å². The average Bonchev–Trinajstić information content (AvgIpc) is 3.88. The first-order valence-electron chi connectivity index (χ1n) is 23.9. The molecule has 0 saturated carbocycles. The number of aromatic nitrogens is 2. The monoisotopic (exact) mass is 993 g/mol. The summed E-state index contributed by atoms with van der Waals surface area (Å²) in [6, 6.07) is 44.5. The number of hydrogen-bond acceptors (Lipinski definition) is 4. The predicted octanol–water partition coefficient (Wildman–Crippen LogP) is 14.9. The van der Waals surface area contributed by atoms with Gasteiger partial charge in [-0.05, 0) is 63.2 Å². The molecule has 1 aliphatic heterocycles. The van der Waals surface area contributed by atoms with Gasteiger partial charge in [0.1, 0.15) is 5.82 Å². The number of para-hydroxylation sites is 4. The van der Waals surface area contributed by atoms with Crippen LogP contribution in [0, 0.1) is 18.8 Å². The van der Waals surface area contributed by atoms with E-state index in [0.29, 0.717) is 61.6 Å². The van der Waals surface area contributed by atoms with Crippen LogP contribution in [0.3, 0.4) is 0 Å². The van der Waals surface area contributed by atoms with Crippen LogP contribution < -0.4 is 14.5 Å². The van der Waals surface area contributed by atoms with E-state index in [0.717, 1.165) is 33.6 Å². The number of ether oxygens (including phenoxy) is 1. The third-order valence-electron chi connectivity index (χ3n) is 11.1. The standard InChI is InChI=1S/C56H47N4O.Pt/c1-55(2,3)40-30-31-57-53(34-40)60-49-25-14-13-22-47(49)48-29-28-43(36-52(48)60)61-44-33-41(56(4,5)6)32-42(35-44)58-37-59(51-27-16-15-26-50(51)58)54-45(38-18-9-7-10-19-38)23-17-24-46(54)39-20-11-8-12-21-39;/h7-34,37H,1-6H3;/q-3;/i13D,14D,17D,22D,23D,24D,25D;. The molecule has 7 aromatic carbocycles. The van der Waals surface area contributed by atoms with Crippen molar-refractivity contribution in [3.63, 3.8) is 0 Å². The van der Waals surface area contributed by atoms with Gasteiger partial charge in [0.15, 0.2) is 0 Å². The predicted molar refractivity (Wildman–Crippen MR) is 252 cm³/mol. The fraction of sp³-hybridized carbons (Fsp3) is 0.143. The third kappa shape index (κ3) is 7.49. The SMILES string of the molecule is [2H]c1c([2H])c(-c2ccccc2)c(N2[CH-]N(c3[c-]c(Oc4[c-]c5c(cc4)c4c([2H])c([2H])c([2H])c([2H])c4n5-c4cc(C(C)(C)C)ccn4)cc(C(C)(C)C)c3)c3ccccc32)c(-c2ccccc2)c1[2H].[Pt]. The number of fused-ring (bicyclic) bond motifs is 4. The zero-order valence-corrected chi connectivity index (χ0v) is 37.5. The number of hydrogen-bond donors (Lipinski definition) is 0. The van der Waals surface area contributed by atoms with E-state index in [2.05, 4.69) is 59.7 Å². The summed E-state index contributed by atoms with van der Waals surface area (Å²) in [7, 11) is 0. The van der Waals surface area contributed by atoms with Crippen molar-refractivity contribution >= 4 is 44.6 Å². The van der Waals surface area contributed by atoms with Gasteiger partial charge >= 0.3 is 0 Å². The molecule has 310 valence electrons. The van der Waals surface area contributed by atoms with Crippen LogP contribution in [0.5, 0.6) is 11.5 Å². The Morgan fingerprint density at radius 3 is 1.89 bits per heavy atom. The Balaban J connectivity index is 0.00000593. The van der Waals surface area contributed by atoms with Crippen molar-refractivity contribution in [1.82, 2.24) is 9.55 Å². The molecule has 0 unspecified atom stereocenters. The summed E-state index contributed by atoms with van der Waals surface area (Å²) in [4.78, 5) is 8.78. The quantitative estimate of drug-likeness (QED) is 0.149. The molecule has 9 aromatic rings. The molecule has 0 saturated heterocycles. The van der Waals surface area contributed by atoms with Gasteiger partial charge in [0.05, 0.1) is 9.60 Å². The zero-order valence-electron chi connectivity index (χ0n) is 42.2. The van der Waals surface area contributed by atoms with Gasteiger partial charge in [0, 0.05) is 72.5 Å². The Hall–Kier alpha value is -6.42. The van der Waals surface area contributed by atoms with Gasteiger partial charge in [-0.3, -0.25) is 0 Å². The van der Waals surface area contributed by atoms with Crippen LogP contribution >= 0.6 is 0 Å². The summed E-state index contributed by atoms with van der Waals surface area (Å²) in [5.41, 5.74) is 7.67. The van der Waals surface area contributed by atoms with Crippen LogP contribution in [-0.4, -0.2) is 9.55 Å². The Bertz CT molecular complexity index is 3410. The van der Waals surface area contributed by atoms with Gasteiger partial charge in [0.2, 0.25) is 0 Å². The Kier molecular flexibility index (Phi) is 8.64. The van der Waals surface area contributed by atoms with E-state index in [4.69, 9.17) is 16.6 Å². The third-order valence-corrected chi connectivity index (χ3v) is 11.1. The second-order valence-corrected chi connectivity index (χ2v) is 17.3. The van der Waals surface area contributed by atoms with E-state index in [1.54, 1.807) is 16.8 Å². The molecule has 6 heteroatoms. The number of pyridine rings is 1. The topological polar surface area (TPSA) is 33.5 Å². The molecule has 2 aromatic heterocycles. The summed E-state index contributed by atoms with van der Waals surface area (Å²) in [6.07, 6.45) is 1.72. The fourth-order valence-electron chi connectivity index (χ4n) is 7.93. The maximum absolute atomic E-state index is 9.36. The molecule has 3 heterocycles. The molecule has 0 fully saturated rings. The van der Waals surface area contributed by atoms with Crippen molar-refractivity contribution in [3.05, 3.63) is 200 Å². The molecular weight excluding hydrogens is 940 g/mol. The number of anilines is 4. The molecule has 62 heavy (non-hydrogen) atoms. The second-order valence-electron chi connectivity index (χ2n) is 17.3. The molecule has 0 amide bonds. The molecule has 0 atom stereocenters. The molecule has 0 spiro atoms. The maximum Gasteiger partial charge on any atom is 0.135 e. The largest absolute Gasteiger partial charge is 0.509 e. The minimum absolute atomic E-state index is 0. The summed E-state index contributed by atoms with van der Waals surface area (Å²) in [6.45, 7) is 14.7. The molecule has 0 radical (unpaired) electrons. The Morgan fingerprint density at radius 1 is 0.597 bits per heavy atom. The first-order valence-corrected chi connectivity index (χ1v) is 20.4. The van der Waals surface area contributed by atoms with E-state index in [-0.39, 0.29) is 74.2 Å². The van der Waals surface area contributed by atoms with Gasteiger partial charge in [-0.25, -0.2) is 4.98 Å². The normalized spacial score (nSPS) is 14.3. The van der Waals surface area contributed by atoms with Crippen molar-refractivity contribution in [2.75, 3.05) is 9.80 Å². The number of rotatable bonds is 7.